The van der Waals surface area contributed by atoms with E-state index in [1.54, 1.807) is 0 Å². The van der Waals surface area contributed by atoms with Crippen LogP contribution in [0.4, 0.5) is 5.82 Å². The van der Waals surface area contributed by atoms with Crippen LogP contribution >= 0.6 is 0 Å². The molecule has 2 saturated heterocycles. The average molecular weight is 275 g/mol. The number of nitrogens with zero attached hydrogens (tertiary/aromatic N) is 2. The lowest BCUT2D eigenvalue weighted by atomic mass is 9.94. The van der Waals surface area contributed by atoms with Gasteiger partial charge in [-0.3, -0.25) is 0 Å². The number of hydrogen-bond acceptors (Lipinski definition) is 4. The molecule has 20 heavy (non-hydrogen) atoms. The molecule has 1 N–H and O–H groups in total. The molecule has 2 aliphatic rings. The van der Waals surface area contributed by atoms with Crippen LogP contribution in [0, 0.1) is 0 Å². The van der Waals surface area contributed by atoms with E-state index in [4.69, 9.17) is 4.74 Å². The Labute approximate surface area is 121 Å². The molecular weight excluding hydrogens is 250 g/mol. The first-order chi connectivity index (χ1) is 9.88. The van der Waals surface area contributed by atoms with Crippen molar-refractivity contribution in [1.29, 1.82) is 0 Å². The first kappa shape index (κ1) is 13.7. The summed E-state index contributed by atoms with van der Waals surface area (Å²) in [4.78, 5) is 7.18. The number of anilines is 1. The fourth-order valence-corrected chi connectivity index (χ4v) is 3.49. The molecule has 3 rings (SSSR count). The fourth-order valence-electron chi connectivity index (χ4n) is 3.49. The summed E-state index contributed by atoms with van der Waals surface area (Å²) < 4.78 is 5.54. The Morgan fingerprint density at radius 1 is 1.30 bits per heavy atom. The topological polar surface area (TPSA) is 37.4 Å². The van der Waals surface area contributed by atoms with Crippen LogP contribution in [0.3, 0.4) is 0 Å². The van der Waals surface area contributed by atoms with Gasteiger partial charge in [0.25, 0.3) is 0 Å². The molecule has 3 heterocycles. The lowest BCUT2D eigenvalue weighted by molar-refractivity contribution is 0.325. The zero-order valence-corrected chi connectivity index (χ0v) is 12.3. The second kappa shape index (κ2) is 6.44. The highest BCUT2D eigenvalue weighted by molar-refractivity contribution is 5.43. The molecule has 0 saturated carbocycles. The van der Waals surface area contributed by atoms with Crippen LogP contribution in [0.2, 0.25) is 0 Å². The summed E-state index contributed by atoms with van der Waals surface area (Å²) >= 11 is 0. The Morgan fingerprint density at radius 2 is 2.25 bits per heavy atom. The Balaban J connectivity index is 1.79. The monoisotopic (exact) mass is 275 g/mol. The summed E-state index contributed by atoms with van der Waals surface area (Å²) in [5.74, 6) is 1.82. The van der Waals surface area contributed by atoms with Crippen molar-refractivity contribution in [2.75, 3.05) is 24.6 Å². The van der Waals surface area contributed by atoms with Gasteiger partial charge in [0.2, 0.25) is 5.88 Å². The summed E-state index contributed by atoms with van der Waals surface area (Å²) in [5, 5.41) is 3.67. The molecule has 2 fully saturated rings. The highest BCUT2D eigenvalue weighted by Crippen LogP contribution is 2.29. The number of hydrogen-bond donors (Lipinski definition) is 1. The third-order valence-corrected chi connectivity index (χ3v) is 4.41. The Morgan fingerprint density at radius 3 is 3.05 bits per heavy atom. The maximum atomic E-state index is 5.54. The van der Waals surface area contributed by atoms with Gasteiger partial charge in [0.15, 0.2) is 0 Å². The van der Waals surface area contributed by atoms with Gasteiger partial charge in [0, 0.05) is 24.7 Å². The number of aromatic nitrogens is 1. The second-order valence-corrected chi connectivity index (χ2v) is 5.73. The average Bonchev–Trinajstić information content (AvgIpc) is 3.02. The summed E-state index contributed by atoms with van der Waals surface area (Å²) in [5.41, 5.74) is 0. The first-order valence-corrected chi connectivity index (χ1v) is 7.98. The van der Waals surface area contributed by atoms with Crippen LogP contribution in [0.15, 0.2) is 18.2 Å². The van der Waals surface area contributed by atoms with Crippen molar-refractivity contribution in [3.63, 3.8) is 0 Å². The van der Waals surface area contributed by atoms with Crippen molar-refractivity contribution in [2.24, 2.45) is 0 Å². The maximum absolute atomic E-state index is 5.54. The lowest BCUT2D eigenvalue weighted by Gasteiger charge is -2.40. The van der Waals surface area contributed by atoms with Crippen molar-refractivity contribution < 1.29 is 4.74 Å². The van der Waals surface area contributed by atoms with E-state index in [0.29, 0.717) is 18.7 Å². The van der Waals surface area contributed by atoms with E-state index < -0.39 is 0 Å². The van der Waals surface area contributed by atoms with E-state index in [-0.39, 0.29) is 0 Å². The van der Waals surface area contributed by atoms with Crippen LogP contribution in [-0.2, 0) is 0 Å². The number of piperidine rings is 1. The normalized spacial score (nSPS) is 26.8. The first-order valence-electron chi connectivity index (χ1n) is 7.98. The SMILES string of the molecule is CCOc1cccc(N2CCCCC2C2CCCN2)n1. The Hall–Kier alpha value is -1.29. The third-order valence-electron chi connectivity index (χ3n) is 4.41. The van der Waals surface area contributed by atoms with Crippen LogP contribution in [0.5, 0.6) is 5.88 Å². The van der Waals surface area contributed by atoms with Crippen LogP contribution < -0.4 is 15.0 Å². The smallest absolute Gasteiger partial charge is 0.215 e. The number of pyridine rings is 1. The molecule has 0 bridgehead atoms. The van der Waals surface area contributed by atoms with Crippen molar-refractivity contribution in [1.82, 2.24) is 10.3 Å². The van der Waals surface area contributed by atoms with Gasteiger partial charge < -0.3 is 15.0 Å². The quantitative estimate of drug-likeness (QED) is 0.916. The van der Waals surface area contributed by atoms with E-state index in [0.717, 1.165) is 18.2 Å². The predicted octanol–water partition coefficient (Wildman–Crippen LogP) is 2.59. The van der Waals surface area contributed by atoms with Crippen molar-refractivity contribution in [2.45, 2.75) is 51.1 Å². The molecule has 2 atom stereocenters. The molecule has 2 unspecified atom stereocenters. The van der Waals surface area contributed by atoms with E-state index in [1.807, 2.05) is 13.0 Å². The van der Waals surface area contributed by atoms with Gasteiger partial charge in [-0.25, -0.2) is 0 Å². The molecule has 110 valence electrons. The maximum Gasteiger partial charge on any atom is 0.215 e. The van der Waals surface area contributed by atoms with E-state index in [2.05, 4.69) is 27.3 Å². The predicted molar refractivity (Wildman–Crippen MR) is 81.4 cm³/mol. The summed E-state index contributed by atoms with van der Waals surface area (Å²) in [6.07, 6.45) is 6.49. The van der Waals surface area contributed by atoms with Crippen LogP contribution in [-0.4, -0.2) is 36.8 Å². The molecule has 0 radical (unpaired) electrons. The number of rotatable bonds is 4. The summed E-state index contributed by atoms with van der Waals surface area (Å²) in [7, 11) is 0. The third kappa shape index (κ3) is 2.90. The minimum absolute atomic E-state index is 0.593. The molecular formula is C16H25N3O. The van der Waals surface area contributed by atoms with Gasteiger partial charge in [0.05, 0.1) is 6.61 Å². The molecule has 0 aliphatic carbocycles. The van der Waals surface area contributed by atoms with Gasteiger partial charge >= 0.3 is 0 Å². The van der Waals surface area contributed by atoms with Crippen LogP contribution in [0.25, 0.3) is 0 Å². The highest BCUT2D eigenvalue weighted by atomic mass is 16.5. The number of nitrogens with one attached hydrogen (secondary N) is 1. The Bertz CT molecular complexity index is 431. The number of ether oxygens (including phenoxy) is 1. The molecule has 1 aromatic rings. The minimum atomic E-state index is 0.593. The van der Waals surface area contributed by atoms with Crippen molar-refractivity contribution >= 4 is 5.82 Å². The van der Waals surface area contributed by atoms with Gasteiger partial charge in [-0.15, -0.1) is 0 Å². The minimum Gasteiger partial charge on any atom is -0.478 e. The van der Waals surface area contributed by atoms with Crippen molar-refractivity contribution in [3.8, 4) is 5.88 Å². The zero-order valence-electron chi connectivity index (χ0n) is 12.3. The molecule has 0 amide bonds. The van der Waals surface area contributed by atoms with Crippen LogP contribution in [0.1, 0.15) is 39.0 Å². The molecule has 4 nitrogen and oxygen atoms in total. The largest absolute Gasteiger partial charge is 0.478 e. The van der Waals surface area contributed by atoms with Gasteiger partial charge in [-0.05, 0) is 51.6 Å². The Kier molecular flexibility index (Phi) is 4.41. The standard InChI is InChI=1S/C16H25N3O/c1-2-20-16-10-5-9-15(18-16)19-12-4-3-8-14(19)13-7-6-11-17-13/h5,9-10,13-14,17H,2-4,6-8,11-12H2,1H3. The van der Waals surface area contributed by atoms with Gasteiger partial charge in [-0.1, -0.05) is 6.07 Å². The van der Waals surface area contributed by atoms with E-state index >= 15 is 0 Å². The second-order valence-electron chi connectivity index (χ2n) is 5.73. The van der Waals surface area contributed by atoms with Gasteiger partial charge in [0.1, 0.15) is 5.82 Å². The highest BCUT2D eigenvalue weighted by Gasteiger charge is 2.32. The summed E-state index contributed by atoms with van der Waals surface area (Å²) in [6, 6.07) is 7.35. The zero-order chi connectivity index (χ0) is 13.8. The molecule has 0 spiro atoms. The van der Waals surface area contributed by atoms with E-state index in [1.165, 1.54) is 38.6 Å². The molecule has 2 aliphatic heterocycles. The molecule has 4 heteroatoms. The van der Waals surface area contributed by atoms with Gasteiger partial charge in [-0.2, -0.15) is 4.98 Å². The van der Waals surface area contributed by atoms with Crippen molar-refractivity contribution in [3.05, 3.63) is 18.2 Å². The molecule has 1 aromatic heterocycles. The lowest BCUT2D eigenvalue weighted by Crippen LogP contribution is -2.50. The van der Waals surface area contributed by atoms with E-state index in [9.17, 15) is 0 Å². The summed E-state index contributed by atoms with van der Waals surface area (Å²) in [6.45, 7) is 4.96. The fraction of sp³-hybridized carbons (Fsp3) is 0.688. The molecule has 0 aromatic carbocycles.